The van der Waals surface area contributed by atoms with Crippen LogP contribution in [0.1, 0.15) is 43.9 Å². The normalized spacial score (nSPS) is 25.0. The summed E-state index contributed by atoms with van der Waals surface area (Å²) < 4.78 is 30.7. The molecule has 1 unspecified atom stereocenters. The van der Waals surface area contributed by atoms with E-state index < -0.39 is 12.0 Å². The average molecular weight is 217 g/mol. The van der Waals surface area contributed by atoms with Crippen molar-refractivity contribution in [3.8, 4) is 0 Å². The first kappa shape index (κ1) is 10.5. The molecular formula is C9H13F2N3O. The van der Waals surface area contributed by atoms with E-state index in [1.165, 1.54) is 0 Å². The van der Waals surface area contributed by atoms with Gasteiger partial charge < -0.3 is 4.52 Å². The lowest BCUT2D eigenvalue weighted by Crippen LogP contribution is -2.19. The van der Waals surface area contributed by atoms with Crippen LogP contribution in [0.15, 0.2) is 4.52 Å². The smallest absolute Gasteiger partial charge is 0.262 e. The molecule has 1 aliphatic rings. The molecule has 1 fully saturated rings. The second-order valence-corrected chi connectivity index (χ2v) is 4.14. The van der Waals surface area contributed by atoms with Crippen molar-refractivity contribution >= 4 is 0 Å². The van der Waals surface area contributed by atoms with Gasteiger partial charge in [0.15, 0.2) is 5.82 Å². The summed E-state index contributed by atoms with van der Waals surface area (Å²) in [6.45, 7) is 3.52. The molecule has 4 nitrogen and oxygen atoms in total. The topological polar surface area (TPSA) is 51.0 Å². The Morgan fingerprint density at radius 3 is 2.73 bits per heavy atom. The second-order valence-electron chi connectivity index (χ2n) is 4.14. The highest BCUT2D eigenvalue weighted by atomic mass is 19.3. The van der Waals surface area contributed by atoms with Crippen LogP contribution in [-0.2, 0) is 0 Å². The van der Waals surface area contributed by atoms with Crippen LogP contribution < -0.4 is 5.32 Å². The van der Waals surface area contributed by atoms with Crippen LogP contribution in [0.25, 0.3) is 0 Å². The van der Waals surface area contributed by atoms with Gasteiger partial charge >= 0.3 is 0 Å². The zero-order chi connectivity index (χ0) is 11.1. The molecular weight excluding hydrogens is 204 g/mol. The molecule has 0 bridgehead atoms. The summed E-state index contributed by atoms with van der Waals surface area (Å²) in [5, 5.41) is 6.41. The van der Waals surface area contributed by atoms with Gasteiger partial charge in [0, 0.05) is 12.3 Å². The number of nitrogens with zero attached hydrogens (tertiary/aromatic N) is 2. The molecule has 1 saturated heterocycles. The molecule has 1 aliphatic heterocycles. The molecule has 0 spiro atoms. The number of nitrogens with one attached hydrogen (secondary N) is 1. The maximum atomic E-state index is 12.9. The van der Waals surface area contributed by atoms with E-state index in [4.69, 9.17) is 4.52 Å². The largest absolute Gasteiger partial charge is 0.338 e. The summed E-state index contributed by atoms with van der Waals surface area (Å²) >= 11 is 0. The van der Waals surface area contributed by atoms with E-state index in [0.717, 1.165) is 0 Å². The minimum atomic E-state index is -2.67. The molecule has 1 aromatic heterocycles. The van der Waals surface area contributed by atoms with E-state index in [2.05, 4.69) is 15.5 Å². The summed E-state index contributed by atoms with van der Waals surface area (Å²) in [6, 6.07) is -0.514. The van der Waals surface area contributed by atoms with Gasteiger partial charge in [0.2, 0.25) is 5.89 Å². The summed E-state index contributed by atoms with van der Waals surface area (Å²) in [5.41, 5.74) is 0. The molecule has 0 aromatic carbocycles. The maximum absolute atomic E-state index is 12.9. The predicted octanol–water partition coefficient (Wildman–Crippen LogP) is 1.86. The van der Waals surface area contributed by atoms with Crippen LogP contribution >= 0.6 is 0 Å². The highest BCUT2D eigenvalue weighted by molar-refractivity contribution is 5.01. The quantitative estimate of drug-likeness (QED) is 0.821. The fourth-order valence-corrected chi connectivity index (χ4v) is 1.51. The van der Waals surface area contributed by atoms with E-state index in [9.17, 15) is 8.78 Å². The number of halogens is 2. The van der Waals surface area contributed by atoms with Crippen LogP contribution in [-0.4, -0.2) is 22.6 Å². The van der Waals surface area contributed by atoms with Crippen molar-refractivity contribution in [3.63, 3.8) is 0 Å². The van der Waals surface area contributed by atoms with Gasteiger partial charge in [-0.3, -0.25) is 5.32 Å². The van der Waals surface area contributed by atoms with Gasteiger partial charge in [0.1, 0.15) is 0 Å². The minimum Gasteiger partial charge on any atom is -0.338 e. The Balaban J connectivity index is 2.11. The SMILES string of the molecule is CC(C)c1noc(C2CC(F)(F)CN2)n1. The summed E-state index contributed by atoms with van der Waals surface area (Å²) in [5.74, 6) is -1.71. The van der Waals surface area contributed by atoms with Gasteiger partial charge in [0.25, 0.3) is 5.92 Å². The lowest BCUT2D eigenvalue weighted by molar-refractivity contribution is 0.0200. The predicted molar refractivity (Wildman–Crippen MR) is 48.7 cm³/mol. The Morgan fingerprint density at radius 1 is 1.53 bits per heavy atom. The second kappa shape index (κ2) is 3.52. The standard InChI is InChI=1S/C9H13F2N3O/c1-5(2)7-13-8(15-14-7)6-3-9(10,11)4-12-6/h5-6,12H,3-4H2,1-2H3. The molecule has 2 heterocycles. The first-order valence-electron chi connectivity index (χ1n) is 4.93. The molecule has 84 valence electrons. The molecule has 1 aromatic rings. The summed E-state index contributed by atoms with van der Waals surface area (Å²) in [4.78, 5) is 4.08. The number of alkyl halides is 2. The maximum Gasteiger partial charge on any atom is 0.262 e. The van der Waals surface area contributed by atoms with E-state index in [0.29, 0.717) is 5.82 Å². The van der Waals surface area contributed by atoms with Crippen molar-refractivity contribution in [2.24, 2.45) is 0 Å². The lowest BCUT2D eigenvalue weighted by atomic mass is 10.2. The zero-order valence-corrected chi connectivity index (χ0v) is 8.63. The van der Waals surface area contributed by atoms with Crippen molar-refractivity contribution in [1.82, 2.24) is 15.5 Å². The number of rotatable bonds is 2. The molecule has 0 amide bonds. The fourth-order valence-electron chi connectivity index (χ4n) is 1.51. The zero-order valence-electron chi connectivity index (χ0n) is 8.63. The number of aromatic nitrogens is 2. The van der Waals surface area contributed by atoms with E-state index >= 15 is 0 Å². The molecule has 2 rings (SSSR count). The van der Waals surface area contributed by atoms with Crippen molar-refractivity contribution in [3.05, 3.63) is 11.7 Å². The van der Waals surface area contributed by atoms with Crippen molar-refractivity contribution in [2.75, 3.05) is 6.54 Å². The van der Waals surface area contributed by atoms with Crippen LogP contribution in [0.2, 0.25) is 0 Å². The molecule has 1 N–H and O–H groups in total. The minimum absolute atomic E-state index is 0.143. The summed E-state index contributed by atoms with van der Waals surface area (Å²) in [7, 11) is 0. The third-order valence-electron chi connectivity index (χ3n) is 2.38. The van der Waals surface area contributed by atoms with Gasteiger partial charge in [-0.1, -0.05) is 19.0 Å². The van der Waals surface area contributed by atoms with Crippen molar-refractivity contribution in [2.45, 2.75) is 38.2 Å². The Kier molecular flexibility index (Phi) is 2.46. The molecule has 0 radical (unpaired) electrons. The van der Waals surface area contributed by atoms with Gasteiger partial charge in [0.05, 0.1) is 12.6 Å². The van der Waals surface area contributed by atoms with Gasteiger partial charge in [-0.05, 0) is 0 Å². The number of hydrogen-bond donors (Lipinski definition) is 1. The van der Waals surface area contributed by atoms with Crippen LogP contribution in [0.5, 0.6) is 0 Å². The van der Waals surface area contributed by atoms with E-state index in [1.54, 1.807) is 0 Å². The number of hydrogen-bond acceptors (Lipinski definition) is 4. The van der Waals surface area contributed by atoms with Gasteiger partial charge in [-0.15, -0.1) is 0 Å². The molecule has 0 saturated carbocycles. The molecule has 1 atom stereocenters. The third-order valence-corrected chi connectivity index (χ3v) is 2.38. The van der Waals surface area contributed by atoms with E-state index in [1.807, 2.05) is 13.8 Å². The van der Waals surface area contributed by atoms with E-state index in [-0.39, 0.29) is 24.8 Å². The lowest BCUT2D eigenvalue weighted by Gasteiger charge is -2.04. The van der Waals surface area contributed by atoms with Crippen LogP contribution in [0.3, 0.4) is 0 Å². The Morgan fingerprint density at radius 2 is 2.27 bits per heavy atom. The Labute approximate surface area is 86.0 Å². The highest BCUT2D eigenvalue weighted by Crippen LogP contribution is 2.33. The third kappa shape index (κ3) is 2.14. The van der Waals surface area contributed by atoms with Gasteiger partial charge in [-0.25, -0.2) is 8.78 Å². The monoisotopic (exact) mass is 217 g/mol. The first-order valence-corrected chi connectivity index (χ1v) is 4.93. The molecule has 15 heavy (non-hydrogen) atoms. The highest BCUT2D eigenvalue weighted by Gasteiger charge is 2.42. The summed E-state index contributed by atoms with van der Waals surface area (Å²) in [6.07, 6.45) is -0.271. The van der Waals surface area contributed by atoms with Crippen LogP contribution in [0.4, 0.5) is 8.78 Å². The van der Waals surface area contributed by atoms with Crippen LogP contribution in [0, 0.1) is 0 Å². The van der Waals surface area contributed by atoms with Crippen molar-refractivity contribution in [1.29, 1.82) is 0 Å². The molecule has 0 aliphatic carbocycles. The average Bonchev–Trinajstić information content (AvgIpc) is 2.70. The Hall–Kier alpha value is -1.04. The fraction of sp³-hybridized carbons (Fsp3) is 0.778. The Bertz CT molecular complexity index is 351. The molecule has 6 heteroatoms. The van der Waals surface area contributed by atoms with Gasteiger partial charge in [-0.2, -0.15) is 4.98 Å². The first-order chi connectivity index (χ1) is 6.98. The van der Waals surface area contributed by atoms with Crippen molar-refractivity contribution < 1.29 is 13.3 Å².